The molecule has 2 heterocycles. The molecule has 1 atom stereocenters. The fourth-order valence-corrected chi connectivity index (χ4v) is 4.10. The van der Waals surface area contributed by atoms with Crippen LogP contribution in [0.15, 0.2) is 0 Å². The minimum absolute atomic E-state index is 0.0258. The van der Waals surface area contributed by atoms with Crippen LogP contribution in [-0.2, 0) is 15.6 Å². The van der Waals surface area contributed by atoms with Gasteiger partial charge in [0.05, 0.1) is 0 Å². The second-order valence-electron chi connectivity index (χ2n) is 5.47. The summed E-state index contributed by atoms with van der Waals surface area (Å²) < 4.78 is 11.3. The van der Waals surface area contributed by atoms with Gasteiger partial charge < -0.3 is 15.3 Å². The van der Waals surface area contributed by atoms with Crippen molar-refractivity contribution in [3.63, 3.8) is 0 Å². The Balaban J connectivity index is 1.94. The Kier molecular flexibility index (Phi) is 5.39. The van der Waals surface area contributed by atoms with Gasteiger partial charge in [0.2, 0.25) is 0 Å². The SMILES string of the molecule is O=C(O)C1CCCCCN1C(=O)NC1CCS(=O)CC1. The molecule has 2 aliphatic heterocycles. The second kappa shape index (κ2) is 7.06. The summed E-state index contributed by atoms with van der Waals surface area (Å²) in [5.74, 6) is 0.312. The first-order valence-electron chi connectivity index (χ1n) is 7.23. The summed E-state index contributed by atoms with van der Waals surface area (Å²) in [5.41, 5.74) is 0. The highest BCUT2D eigenvalue weighted by atomic mass is 32.2. The van der Waals surface area contributed by atoms with Crippen molar-refractivity contribution in [1.82, 2.24) is 10.2 Å². The fraction of sp³-hybridized carbons (Fsp3) is 0.846. The molecular formula is C13H22N2O4S. The molecule has 2 rings (SSSR count). The zero-order valence-corrected chi connectivity index (χ0v) is 12.4. The summed E-state index contributed by atoms with van der Waals surface area (Å²) in [7, 11) is -0.757. The number of nitrogens with zero attached hydrogens (tertiary/aromatic N) is 1. The lowest BCUT2D eigenvalue weighted by Gasteiger charge is -2.30. The van der Waals surface area contributed by atoms with E-state index in [1.165, 1.54) is 4.90 Å². The zero-order chi connectivity index (χ0) is 14.5. The quantitative estimate of drug-likeness (QED) is 0.794. The van der Waals surface area contributed by atoms with Gasteiger partial charge in [-0.2, -0.15) is 0 Å². The third kappa shape index (κ3) is 3.94. The molecule has 0 spiro atoms. The maximum Gasteiger partial charge on any atom is 0.326 e. The van der Waals surface area contributed by atoms with Gasteiger partial charge in [-0.25, -0.2) is 9.59 Å². The van der Waals surface area contributed by atoms with E-state index in [4.69, 9.17) is 0 Å². The number of likely N-dealkylation sites (tertiary alicyclic amines) is 1. The first-order chi connectivity index (χ1) is 9.58. The molecule has 0 aromatic heterocycles. The molecule has 0 aromatic carbocycles. The van der Waals surface area contributed by atoms with Gasteiger partial charge in [0.25, 0.3) is 0 Å². The molecule has 2 amide bonds. The number of hydrogen-bond donors (Lipinski definition) is 2. The van der Waals surface area contributed by atoms with Crippen molar-refractivity contribution < 1.29 is 18.9 Å². The lowest BCUT2D eigenvalue weighted by molar-refractivity contribution is -0.142. The molecule has 6 nitrogen and oxygen atoms in total. The lowest BCUT2D eigenvalue weighted by atomic mass is 10.1. The van der Waals surface area contributed by atoms with Crippen LogP contribution in [0.1, 0.15) is 38.5 Å². The van der Waals surface area contributed by atoms with E-state index in [1.54, 1.807) is 0 Å². The number of amides is 2. The number of rotatable bonds is 2. The highest BCUT2D eigenvalue weighted by Crippen LogP contribution is 2.18. The summed E-state index contributed by atoms with van der Waals surface area (Å²) in [6.45, 7) is 0.501. The first kappa shape index (κ1) is 15.3. The Morgan fingerprint density at radius 2 is 1.80 bits per heavy atom. The van der Waals surface area contributed by atoms with E-state index in [0.717, 1.165) is 19.3 Å². The highest BCUT2D eigenvalue weighted by molar-refractivity contribution is 7.85. The number of carbonyl (C=O) groups is 2. The molecule has 0 radical (unpaired) electrons. The molecule has 0 bridgehead atoms. The smallest absolute Gasteiger partial charge is 0.326 e. The Morgan fingerprint density at radius 3 is 2.45 bits per heavy atom. The van der Waals surface area contributed by atoms with Crippen LogP contribution < -0.4 is 5.32 Å². The van der Waals surface area contributed by atoms with E-state index in [1.807, 2.05) is 0 Å². The number of carboxylic acid groups (broad SMARTS) is 1. The fourth-order valence-electron chi connectivity index (χ4n) is 2.80. The molecule has 0 aliphatic carbocycles. The lowest BCUT2D eigenvalue weighted by Crippen LogP contribution is -2.52. The maximum atomic E-state index is 12.3. The predicted octanol–water partition coefficient (Wildman–Crippen LogP) is 0.936. The number of carboxylic acids is 1. The molecule has 0 aromatic rings. The van der Waals surface area contributed by atoms with Gasteiger partial charge >= 0.3 is 12.0 Å². The van der Waals surface area contributed by atoms with Crippen molar-refractivity contribution in [1.29, 1.82) is 0 Å². The van der Waals surface area contributed by atoms with Crippen LogP contribution in [0, 0.1) is 0 Å². The average molecular weight is 302 g/mol. The summed E-state index contributed by atoms with van der Waals surface area (Å²) >= 11 is 0. The highest BCUT2D eigenvalue weighted by Gasteiger charge is 2.32. The van der Waals surface area contributed by atoms with Crippen LogP contribution >= 0.6 is 0 Å². The largest absolute Gasteiger partial charge is 0.480 e. The average Bonchev–Trinajstić information content (AvgIpc) is 2.67. The third-order valence-corrected chi connectivity index (χ3v) is 5.40. The molecule has 2 aliphatic rings. The first-order valence-corrected chi connectivity index (χ1v) is 8.71. The number of aliphatic carboxylic acids is 1. The minimum atomic E-state index is -0.924. The van der Waals surface area contributed by atoms with Gasteiger partial charge in [0.1, 0.15) is 6.04 Å². The molecule has 0 saturated carbocycles. The molecule has 2 saturated heterocycles. The van der Waals surface area contributed by atoms with E-state index in [0.29, 0.717) is 37.3 Å². The van der Waals surface area contributed by atoms with Crippen molar-refractivity contribution in [2.45, 2.75) is 50.6 Å². The van der Waals surface area contributed by atoms with Gasteiger partial charge in [-0.05, 0) is 25.7 Å². The van der Waals surface area contributed by atoms with Gasteiger partial charge in [0.15, 0.2) is 0 Å². The van der Waals surface area contributed by atoms with Gasteiger partial charge in [0, 0.05) is 34.9 Å². The molecule has 2 fully saturated rings. The van der Waals surface area contributed by atoms with Crippen LogP contribution in [0.5, 0.6) is 0 Å². The minimum Gasteiger partial charge on any atom is -0.480 e. The monoisotopic (exact) mass is 302 g/mol. The van der Waals surface area contributed by atoms with Gasteiger partial charge in [-0.3, -0.25) is 4.21 Å². The zero-order valence-electron chi connectivity index (χ0n) is 11.5. The second-order valence-corrected chi connectivity index (χ2v) is 7.16. The molecule has 20 heavy (non-hydrogen) atoms. The van der Waals surface area contributed by atoms with E-state index >= 15 is 0 Å². The molecule has 114 valence electrons. The number of nitrogens with one attached hydrogen (secondary N) is 1. The number of hydrogen-bond acceptors (Lipinski definition) is 3. The summed E-state index contributed by atoms with van der Waals surface area (Å²) in [6.07, 6.45) is 4.62. The van der Waals surface area contributed by atoms with Crippen molar-refractivity contribution in [3.8, 4) is 0 Å². The number of carbonyl (C=O) groups excluding carboxylic acids is 1. The summed E-state index contributed by atoms with van der Waals surface area (Å²) in [5, 5.41) is 12.2. The molecule has 2 N–H and O–H groups in total. The predicted molar refractivity (Wildman–Crippen MR) is 76.0 cm³/mol. The van der Waals surface area contributed by atoms with E-state index < -0.39 is 22.8 Å². The van der Waals surface area contributed by atoms with E-state index in [2.05, 4.69) is 5.32 Å². The van der Waals surface area contributed by atoms with Crippen molar-refractivity contribution >= 4 is 22.8 Å². The van der Waals surface area contributed by atoms with Crippen molar-refractivity contribution in [2.24, 2.45) is 0 Å². The van der Waals surface area contributed by atoms with Crippen LogP contribution in [0.4, 0.5) is 4.79 Å². The molecule has 1 unspecified atom stereocenters. The topological polar surface area (TPSA) is 86.7 Å². The van der Waals surface area contributed by atoms with E-state index in [-0.39, 0.29) is 12.1 Å². The van der Waals surface area contributed by atoms with Crippen molar-refractivity contribution in [3.05, 3.63) is 0 Å². The van der Waals surface area contributed by atoms with Crippen LogP contribution in [-0.4, -0.2) is 56.3 Å². The molecular weight excluding hydrogens is 280 g/mol. The van der Waals surface area contributed by atoms with Gasteiger partial charge in [-0.15, -0.1) is 0 Å². The Morgan fingerprint density at radius 1 is 1.10 bits per heavy atom. The Labute approximate surface area is 121 Å². The standard InChI is InChI=1S/C13H22N2O4S/c16-12(17)11-4-2-1-3-7-15(11)13(18)14-10-5-8-20(19)9-6-10/h10-11H,1-9H2,(H,14,18)(H,16,17). The van der Waals surface area contributed by atoms with Gasteiger partial charge in [-0.1, -0.05) is 12.8 Å². The van der Waals surface area contributed by atoms with E-state index in [9.17, 15) is 18.9 Å². The molecule has 7 heteroatoms. The van der Waals surface area contributed by atoms with Crippen LogP contribution in [0.2, 0.25) is 0 Å². The Hall–Kier alpha value is -1.11. The normalized spacial score (nSPS) is 31.4. The maximum absolute atomic E-state index is 12.3. The van der Waals surface area contributed by atoms with Crippen LogP contribution in [0.3, 0.4) is 0 Å². The number of urea groups is 1. The third-order valence-electron chi connectivity index (χ3n) is 4.01. The summed E-state index contributed by atoms with van der Waals surface area (Å²) in [4.78, 5) is 25.0. The van der Waals surface area contributed by atoms with Crippen LogP contribution in [0.25, 0.3) is 0 Å². The van der Waals surface area contributed by atoms with Crippen molar-refractivity contribution in [2.75, 3.05) is 18.1 Å². The Bertz CT molecular complexity index is 392. The summed E-state index contributed by atoms with van der Waals surface area (Å²) in [6, 6.07) is -0.967.